The molecule has 0 bridgehead atoms. The Morgan fingerprint density at radius 2 is 1.78 bits per heavy atom. The second-order valence-electron chi connectivity index (χ2n) is 7.24. The number of aromatic nitrogens is 4. The summed E-state index contributed by atoms with van der Waals surface area (Å²) in [6.07, 6.45) is 2.13. The number of anilines is 2. The predicted molar refractivity (Wildman–Crippen MR) is 118 cm³/mol. The van der Waals surface area contributed by atoms with Gasteiger partial charge in [-0.05, 0) is 70.9 Å². The number of nitrogens with one attached hydrogen (secondary N) is 1. The maximum Gasteiger partial charge on any atom is 0.264 e. The third-order valence-electron chi connectivity index (χ3n) is 5.27. The Labute approximate surface area is 184 Å². The Hall–Kier alpha value is -4.05. The SMILES string of the molecule is O=C(Nc1ccc(-n2cnnn2)cc1)c1cccc(S(=O)(=O)N2CCc3ccccc32)c1. The molecule has 0 saturated carbocycles. The van der Waals surface area contributed by atoms with Crippen molar-refractivity contribution < 1.29 is 13.2 Å². The molecule has 1 aromatic heterocycles. The highest BCUT2D eigenvalue weighted by Crippen LogP contribution is 2.32. The fraction of sp³-hybridized carbons (Fsp3) is 0.0909. The highest BCUT2D eigenvalue weighted by molar-refractivity contribution is 7.92. The van der Waals surface area contributed by atoms with Gasteiger partial charge >= 0.3 is 0 Å². The number of amides is 1. The van der Waals surface area contributed by atoms with Crippen LogP contribution in [-0.4, -0.2) is 41.1 Å². The molecule has 9 nitrogen and oxygen atoms in total. The Kier molecular flexibility index (Phi) is 4.91. The first-order chi connectivity index (χ1) is 15.5. The van der Waals surface area contributed by atoms with Gasteiger partial charge in [0.2, 0.25) is 0 Å². The van der Waals surface area contributed by atoms with E-state index >= 15 is 0 Å². The lowest BCUT2D eigenvalue weighted by Gasteiger charge is -2.20. The summed E-state index contributed by atoms with van der Waals surface area (Å²) < 4.78 is 29.4. The molecule has 0 atom stereocenters. The van der Waals surface area contributed by atoms with Gasteiger partial charge in [0, 0.05) is 17.8 Å². The summed E-state index contributed by atoms with van der Waals surface area (Å²) in [5.74, 6) is -0.404. The van der Waals surface area contributed by atoms with E-state index in [1.54, 1.807) is 42.5 Å². The maximum atomic E-state index is 13.3. The molecular weight excluding hydrogens is 428 g/mol. The van der Waals surface area contributed by atoms with Crippen LogP contribution in [0, 0.1) is 0 Å². The van der Waals surface area contributed by atoms with Crippen LogP contribution in [0.1, 0.15) is 15.9 Å². The van der Waals surface area contributed by atoms with Crippen LogP contribution in [-0.2, 0) is 16.4 Å². The van der Waals surface area contributed by atoms with Crippen LogP contribution in [0.4, 0.5) is 11.4 Å². The molecule has 32 heavy (non-hydrogen) atoms. The zero-order valence-corrected chi connectivity index (χ0v) is 17.6. The Bertz CT molecular complexity index is 1390. The van der Waals surface area contributed by atoms with Crippen molar-refractivity contribution in [3.8, 4) is 5.69 Å². The van der Waals surface area contributed by atoms with Crippen LogP contribution in [0.15, 0.2) is 84.0 Å². The number of carbonyl (C=O) groups excluding carboxylic acids is 1. The van der Waals surface area contributed by atoms with E-state index in [1.165, 1.54) is 27.4 Å². The molecule has 0 radical (unpaired) electrons. The number of hydrogen-bond donors (Lipinski definition) is 1. The summed E-state index contributed by atoms with van der Waals surface area (Å²) in [5.41, 5.74) is 3.24. The van der Waals surface area contributed by atoms with Crippen LogP contribution >= 0.6 is 0 Å². The molecule has 3 aromatic carbocycles. The third-order valence-corrected chi connectivity index (χ3v) is 7.08. The molecule has 0 fully saturated rings. The topological polar surface area (TPSA) is 110 Å². The summed E-state index contributed by atoms with van der Waals surface area (Å²) in [6.45, 7) is 0.381. The molecule has 160 valence electrons. The zero-order valence-electron chi connectivity index (χ0n) is 16.8. The average Bonchev–Trinajstić information content (AvgIpc) is 3.50. The molecule has 1 N–H and O–H groups in total. The average molecular weight is 446 g/mol. The number of hydrogen-bond acceptors (Lipinski definition) is 6. The lowest BCUT2D eigenvalue weighted by Crippen LogP contribution is -2.29. The van der Waals surface area contributed by atoms with Crippen molar-refractivity contribution in [2.45, 2.75) is 11.3 Å². The van der Waals surface area contributed by atoms with E-state index in [0.29, 0.717) is 24.3 Å². The van der Waals surface area contributed by atoms with Gasteiger partial charge in [-0.15, -0.1) is 5.10 Å². The minimum absolute atomic E-state index is 0.0795. The molecule has 5 rings (SSSR count). The summed E-state index contributed by atoms with van der Waals surface area (Å²) >= 11 is 0. The summed E-state index contributed by atoms with van der Waals surface area (Å²) in [4.78, 5) is 12.8. The fourth-order valence-electron chi connectivity index (χ4n) is 3.66. The Morgan fingerprint density at radius 3 is 2.56 bits per heavy atom. The molecular formula is C22H18N6O3S. The number of fused-ring (bicyclic) bond motifs is 1. The Morgan fingerprint density at radius 1 is 0.969 bits per heavy atom. The molecule has 1 aliphatic heterocycles. The molecule has 10 heteroatoms. The first-order valence-corrected chi connectivity index (χ1v) is 11.3. The summed E-state index contributed by atoms with van der Waals surface area (Å²) in [5, 5.41) is 13.8. The van der Waals surface area contributed by atoms with Crippen molar-refractivity contribution in [1.29, 1.82) is 0 Å². The molecule has 0 unspecified atom stereocenters. The lowest BCUT2D eigenvalue weighted by atomic mass is 10.2. The van der Waals surface area contributed by atoms with Crippen molar-refractivity contribution in [3.63, 3.8) is 0 Å². The molecule has 2 heterocycles. The standard InChI is InChI=1S/C22H18N6O3S/c29-22(24-18-8-10-19(11-9-18)27-15-23-25-26-27)17-5-3-6-20(14-17)32(30,31)28-13-12-16-4-1-2-7-21(16)28/h1-11,14-15H,12-13H2,(H,24,29). The van der Waals surface area contributed by atoms with Crippen LogP contribution < -0.4 is 9.62 Å². The van der Waals surface area contributed by atoms with E-state index in [0.717, 1.165) is 11.3 Å². The van der Waals surface area contributed by atoms with Gasteiger partial charge in [0.25, 0.3) is 15.9 Å². The number of para-hydroxylation sites is 1. The molecule has 1 amide bonds. The lowest BCUT2D eigenvalue weighted by molar-refractivity contribution is 0.102. The van der Waals surface area contributed by atoms with E-state index < -0.39 is 15.9 Å². The van der Waals surface area contributed by atoms with Gasteiger partial charge in [-0.3, -0.25) is 9.10 Å². The number of tetrazole rings is 1. The quantitative estimate of drug-likeness (QED) is 0.505. The van der Waals surface area contributed by atoms with E-state index in [1.807, 2.05) is 18.2 Å². The minimum Gasteiger partial charge on any atom is -0.322 e. The molecule has 1 aliphatic rings. The Balaban J connectivity index is 1.36. The van der Waals surface area contributed by atoms with Crippen LogP contribution in [0.3, 0.4) is 0 Å². The van der Waals surface area contributed by atoms with Crippen molar-refractivity contribution in [2.75, 3.05) is 16.2 Å². The van der Waals surface area contributed by atoms with E-state index in [-0.39, 0.29) is 10.5 Å². The smallest absolute Gasteiger partial charge is 0.264 e. The molecule has 0 aliphatic carbocycles. The van der Waals surface area contributed by atoms with Crippen LogP contribution in [0.25, 0.3) is 5.69 Å². The number of sulfonamides is 1. The number of rotatable bonds is 5. The number of nitrogens with zero attached hydrogens (tertiary/aromatic N) is 5. The minimum atomic E-state index is -3.78. The maximum absolute atomic E-state index is 13.3. The number of carbonyl (C=O) groups is 1. The predicted octanol–water partition coefficient (Wildman–Crippen LogP) is 2.67. The fourth-order valence-corrected chi connectivity index (χ4v) is 5.21. The summed E-state index contributed by atoms with van der Waals surface area (Å²) in [7, 11) is -3.78. The third kappa shape index (κ3) is 3.60. The van der Waals surface area contributed by atoms with Crippen molar-refractivity contribution in [3.05, 3.63) is 90.3 Å². The van der Waals surface area contributed by atoms with Crippen molar-refractivity contribution >= 4 is 27.3 Å². The van der Waals surface area contributed by atoms with E-state index in [4.69, 9.17) is 0 Å². The van der Waals surface area contributed by atoms with Crippen molar-refractivity contribution in [2.24, 2.45) is 0 Å². The highest BCUT2D eigenvalue weighted by Gasteiger charge is 2.30. The monoisotopic (exact) mass is 446 g/mol. The summed E-state index contributed by atoms with van der Waals surface area (Å²) in [6, 6.07) is 20.5. The second kappa shape index (κ2) is 7.89. The number of benzene rings is 3. The van der Waals surface area contributed by atoms with Gasteiger partial charge in [0.05, 0.1) is 16.3 Å². The van der Waals surface area contributed by atoms with Gasteiger partial charge in [-0.2, -0.15) is 0 Å². The van der Waals surface area contributed by atoms with Crippen molar-refractivity contribution in [1.82, 2.24) is 20.2 Å². The van der Waals surface area contributed by atoms with E-state index in [9.17, 15) is 13.2 Å². The van der Waals surface area contributed by atoms with Gasteiger partial charge in [-0.25, -0.2) is 13.1 Å². The van der Waals surface area contributed by atoms with Crippen LogP contribution in [0.5, 0.6) is 0 Å². The molecule has 0 spiro atoms. The van der Waals surface area contributed by atoms with Gasteiger partial charge in [0.15, 0.2) is 0 Å². The van der Waals surface area contributed by atoms with Crippen LogP contribution in [0.2, 0.25) is 0 Å². The van der Waals surface area contributed by atoms with Gasteiger partial charge in [-0.1, -0.05) is 24.3 Å². The van der Waals surface area contributed by atoms with Gasteiger partial charge in [0.1, 0.15) is 6.33 Å². The first kappa shape index (κ1) is 19.9. The largest absolute Gasteiger partial charge is 0.322 e. The van der Waals surface area contributed by atoms with Gasteiger partial charge < -0.3 is 5.32 Å². The first-order valence-electron chi connectivity index (χ1n) is 9.88. The normalized spacial score (nSPS) is 13.1. The van der Waals surface area contributed by atoms with E-state index in [2.05, 4.69) is 20.8 Å². The molecule has 4 aromatic rings. The highest BCUT2D eigenvalue weighted by atomic mass is 32.2. The zero-order chi connectivity index (χ0) is 22.1. The molecule has 0 saturated heterocycles. The second-order valence-corrected chi connectivity index (χ2v) is 9.10.